The molecule has 1 spiro atoms. The van der Waals surface area contributed by atoms with Crippen molar-refractivity contribution in [3.63, 3.8) is 0 Å². The second-order valence-electron chi connectivity index (χ2n) is 17.9. The summed E-state index contributed by atoms with van der Waals surface area (Å²) in [6.07, 6.45) is 10.8. The van der Waals surface area contributed by atoms with Crippen LogP contribution in [0.2, 0.25) is 0 Å². The number of likely N-dealkylation sites (N-methyl/N-ethyl adjacent to an activating group) is 1. The molecule has 0 radical (unpaired) electrons. The van der Waals surface area contributed by atoms with Gasteiger partial charge in [-0.3, -0.25) is 24.2 Å². The number of carboxylic acid groups (broad SMARTS) is 1. The number of fused-ring (bicyclic) bond motifs is 4. The van der Waals surface area contributed by atoms with E-state index in [1.54, 1.807) is 42.8 Å². The quantitative estimate of drug-likeness (QED) is 0.0469. The summed E-state index contributed by atoms with van der Waals surface area (Å²) in [5, 5.41) is 9.54. The molecule has 76 heavy (non-hydrogen) atoms. The van der Waals surface area contributed by atoms with Gasteiger partial charge in [-0.25, -0.2) is 9.59 Å². The first-order chi connectivity index (χ1) is 35.0. The van der Waals surface area contributed by atoms with Crippen LogP contribution in [0.4, 0.5) is 21.0 Å². The van der Waals surface area contributed by atoms with Crippen molar-refractivity contribution in [2.75, 3.05) is 37.7 Å². The van der Waals surface area contributed by atoms with E-state index in [-0.39, 0.29) is 54.1 Å². The summed E-state index contributed by atoms with van der Waals surface area (Å²) in [6.45, 7) is 9.11. The van der Waals surface area contributed by atoms with Gasteiger partial charge < -0.3 is 29.0 Å². The maximum Gasteiger partial charge on any atom is 0.343 e. The second kappa shape index (κ2) is 30.3. The van der Waals surface area contributed by atoms with Gasteiger partial charge in [0.15, 0.2) is 0 Å². The summed E-state index contributed by atoms with van der Waals surface area (Å²) >= 11 is 4.16. The van der Waals surface area contributed by atoms with Crippen LogP contribution < -0.4 is 14.4 Å². The Bertz CT molecular complexity index is 2800. The van der Waals surface area contributed by atoms with Crippen molar-refractivity contribution in [2.24, 2.45) is 4.99 Å². The molecule has 3 unspecified atom stereocenters. The molecular weight excluding hydrogens is 1040 g/mol. The number of rotatable bonds is 19. The molecule has 7 rings (SSSR count). The first-order valence-electron chi connectivity index (χ1n) is 24.2. The van der Waals surface area contributed by atoms with Crippen molar-refractivity contribution < 1.29 is 52.8 Å². The molecule has 0 bridgehead atoms. The van der Waals surface area contributed by atoms with Crippen molar-refractivity contribution >= 4 is 108 Å². The van der Waals surface area contributed by atoms with Crippen molar-refractivity contribution in [3.8, 4) is 11.5 Å². The number of unbranched alkanes of at least 4 members (excludes halogenated alkanes) is 2. The summed E-state index contributed by atoms with van der Waals surface area (Å²) < 4.78 is 23.0. The summed E-state index contributed by atoms with van der Waals surface area (Å²) in [5.41, 5.74) is 4.32. The molecule has 1 N–H and O–H groups in total. The van der Waals surface area contributed by atoms with E-state index in [2.05, 4.69) is 36.9 Å². The summed E-state index contributed by atoms with van der Waals surface area (Å²) in [4.78, 5) is 79.6. The molecule has 17 heteroatoms. The van der Waals surface area contributed by atoms with Crippen LogP contribution >= 0.6 is 47.0 Å². The van der Waals surface area contributed by atoms with Crippen molar-refractivity contribution in [1.82, 2.24) is 0 Å². The van der Waals surface area contributed by atoms with E-state index in [1.807, 2.05) is 69.6 Å². The summed E-state index contributed by atoms with van der Waals surface area (Å²) in [5.74, 6) is -1.13. The minimum absolute atomic E-state index is 0. The highest BCUT2D eigenvalue weighted by atomic mass is 32.2. The van der Waals surface area contributed by atoms with Crippen LogP contribution in [-0.4, -0.2) is 93.1 Å². The minimum atomic E-state index is -0.972. The number of anilines is 1. The fourth-order valence-corrected chi connectivity index (χ4v) is 11.1. The third-order valence-corrected chi connectivity index (χ3v) is 16.8. The number of thioether (sulfide) groups is 4. The molecule has 5 aromatic rings. The Morgan fingerprint density at radius 2 is 1.21 bits per heavy atom. The molecule has 3 atom stereocenters. The van der Waals surface area contributed by atoms with Gasteiger partial charge >= 0.3 is 23.9 Å². The van der Waals surface area contributed by atoms with E-state index in [1.165, 1.54) is 17.7 Å². The zero-order valence-corrected chi connectivity index (χ0v) is 45.4. The fraction of sp³-hybridized carbons (Fsp3) is 0.407. The Balaban J connectivity index is 0.000000480. The van der Waals surface area contributed by atoms with E-state index < -0.39 is 28.2 Å². The second-order valence-corrected chi connectivity index (χ2v) is 22.3. The number of benzene rings is 5. The molecule has 13 nitrogen and oxygen atoms in total. The highest BCUT2D eigenvalue weighted by Gasteiger charge is 2.58. The summed E-state index contributed by atoms with van der Waals surface area (Å²) in [6, 6.07) is 31.4. The third-order valence-electron chi connectivity index (χ3n) is 12.7. The van der Waals surface area contributed by atoms with Crippen LogP contribution in [0.1, 0.15) is 126 Å². The van der Waals surface area contributed by atoms with E-state index in [0.717, 1.165) is 100 Å². The van der Waals surface area contributed by atoms with E-state index in [4.69, 9.17) is 29.0 Å². The number of hydrogen-bond donors (Lipinski definition) is 1. The predicted octanol–water partition coefficient (Wildman–Crippen LogP) is 15.3. The average Bonchev–Trinajstić information content (AvgIpc) is 3.56. The van der Waals surface area contributed by atoms with Crippen LogP contribution in [-0.2, 0) is 37.3 Å². The third kappa shape index (κ3) is 15.9. The largest absolute Gasteiger partial charge is 0.478 e. The topological polar surface area (TPSA) is 175 Å². The number of hydrogen-bond acceptors (Lipinski definition) is 16. The van der Waals surface area contributed by atoms with Gasteiger partial charge in [0.2, 0.25) is 14.6 Å². The van der Waals surface area contributed by atoms with Crippen LogP contribution in [0.3, 0.4) is 0 Å². The van der Waals surface area contributed by atoms with Gasteiger partial charge in [-0.2, -0.15) is 0 Å². The first kappa shape index (κ1) is 64.5. The fourth-order valence-electron chi connectivity index (χ4n) is 8.40. The van der Waals surface area contributed by atoms with Crippen molar-refractivity contribution in [3.05, 3.63) is 131 Å². The molecule has 2 aliphatic rings. The van der Waals surface area contributed by atoms with Gasteiger partial charge in [0.1, 0.15) is 27.7 Å². The van der Waals surface area contributed by atoms with Crippen molar-refractivity contribution in [2.45, 2.75) is 123 Å². The number of para-hydroxylation sites is 1. The highest BCUT2D eigenvalue weighted by Crippen LogP contribution is 2.54. The molecule has 0 saturated heterocycles. The zero-order chi connectivity index (χ0) is 52.7. The number of carbonyl (C=O) groups excluding carboxylic acids is 5. The van der Waals surface area contributed by atoms with Gasteiger partial charge in [0.05, 0.1) is 36.0 Å². The van der Waals surface area contributed by atoms with Gasteiger partial charge in [0.25, 0.3) is 0 Å². The van der Waals surface area contributed by atoms with Crippen LogP contribution in [0.15, 0.2) is 108 Å². The minimum Gasteiger partial charge on any atom is -0.478 e. The maximum atomic E-state index is 13.2. The van der Waals surface area contributed by atoms with E-state index in [9.17, 15) is 28.8 Å². The highest BCUT2D eigenvalue weighted by molar-refractivity contribution is 8.39. The smallest absolute Gasteiger partial charge is 0.343 e. The number of aromatic carboxylic acids is 1. The maximum absolute atomic E-state index is 13.2. The Morgan fingerprint density at radius 3 is 1.71 bits per heavy atom. The average molecular weight is 1120 g/mol. The Kier molecular flexibility index (Phi) is 25.7. The monoisotopic (exact) mass is 1110 g/mol. The Morgan fingerprint density at radius 1 is 0.697 bits per heavy atom. The number of aliphatic imine (C=N–C) groups is 1. The summed E-state index contributed by atoms with van der Waals surface area (Å²) in [7, 11) is 2.03. The Hall–Kier alpha value is -5.75. The number of carbonyl (C=O) groups is 6. The first-order valence-corrected chi connectivity index (χ1v) is 28.4. The standard InChI is InChI=1S/C39H40N2O6S2.C17H22O5S2.3CH4/c1-6-7-22-45-36(43)33(49-37(44)48-5)21-14-25-12-15-27(16-13-25)35(42)46-28-19-17-26-18-20-32-34(29(26)23-28)40-24-39(47-32)38(2,3)30-10-8-9-11-31(30)41(39)4;1-3-4-11-22-16(20)14(24-17(21)23-2)10-7-12-5-8-13(9-6-12)15(18)19;;;/h8-13,15-20,23-24,33H,6-7,14,21-22H2,1-5H3;5-6,8-9,14H,3-4,7,10-11H2,1-2H3,(H,18,19);3*1H4. The SMILES string of the molecule is C.C.C.CCCCOC(=O)C(CCc1ccc(C(=O)O)cc1)SC(=O)SC.CCCCOC(=O)C(CCc1ccc(C(=O)Oc2ccc3ccc4c(c3c2)N=CC2(O4)N(C)c3ccccc3C2(C)C)cc1)SC(=O)SC. The van der Waals surface area contributed by atoms with Crippen molar-refractivity contribution in [1.29, 1.82) is 0 Å². The van der Waals surface area contributed by atoms with E-state index in [0.29, 0.717) is 61.6 Å². The lowest BCUT2D eigenvalue weighted by molar-refractivity contribution is -0.144. The molecular formula is C59H74N2O11S4. The number of nitrogens with zero attached hydrogens (tertiary/aromatic N) is 2. The number of esters is 3. The molecule has 2 heterocycles. The number of aryl methyl sites for hydroxylation is 2. The lowest BCUT2D eigenvalue weighted by atomic mass is 9.77. The number of carboxylic acids is 1. The lowest BCUT2D eigenvalue weighted by Gasteiger charge is -2.45. The molecule has 0 aromatic heterocycles. The molecule has 0 fully saturated rings. The van der Waals surface area contributed by atoms with Gasteiger partial charge in [-0.15, -0.1) is 0 Å². The van der Waals surface area contributed by atoms with E-state index >= 15 is 0 Å². The lowest BCUT2D eigenvalue weighted by Crippen LogP contribution is -2.61. The van der Waals surface area contributed by atoms with Crippen LogP contribution in [0.5, 0.6) is 11.5 Å². The van der Waals surface area contributed by atoms with Crippen LogP contribution in [0.25, 0.3) is 10.8 Å². The zero-order valence-electron chi connectivity index (χ0n) is 42.2. The molecule has 5 aromatic carbocycles. The molecule has 0 aliphatic carbocycles. The Labute approximate surface area is 466 Å². The molecule has 2 aliphatic heterocycles. The van der Waals surface area contributed by atoms with Gasteiger partial charge in [0, 0.05) is 18.1 Å². The molecule has 410 valence electrons. The molecule has 0 saturated carbocycles. The number of ether oxygens (including phenoxy) is 4. The predicted molar refractivity (Wildman–Crippen MR) is 317 cm³/mol. The van der Waals surface area contributed by atoms with Crippen LogP contribution in [0, 0.1) is 0 Å². The van der Waals surface area contributed by atoms with Gasteiger partial charge in [-0.05, 0) is 135 Å². The normalized spacial score (nSPS) is 15.1. The van der Waals surface area contributed by atoms with Gasteiger partial charge in [-0.1, -0.05) is 151 Å². The molecule has 0 amide bonds.